The molecule has 0 aromatic carbocycles. The Balaban J connectivity index is 2.07. The van der Waals surface area contributed by atoms with Gasteiger partial charge in [0, 0.05) is 5.92 Å². The van der Waals surface area contributed by atoms with Gasteiger partial charge in [0.15, 0.2) is 0 Å². The Kier molecular flexibility index (Phi) is 3.76. The van der Waals surface area contributed by atoms with Crippen LogP contribution in [0.15, 0.2) is 0 Å². The van der Waals surface area contributed by atoms with Gasteiger partial charge in [-0.25, -0.2) is 0 Å². The molecule has 2 rings (SSSR count). The zero-order valence-corrected chi connectivity index (χ0v) is 14.4. The smallest absolute Gasteiger partial charge is 0.312 e. The molecule has 3 atom stereocenters. The molecule has 20 heavy (non-hydrogen) atoms. The number of rotatable bonds is 3. The maximum Gasteiger partial charge on any atom is 0.312 e. The second kappa shape index (κ2) is 4.74. The van der Waals surface area contributed by atoms with E-state index in [1.54, 1.807) is 0 Å². The molecule has 0 aromatic heterocycles. The van der Waals surface area contributed by atoms with Crippen LogP contribution in [0.5, 0.6) is 0 Å². The van der Waals surface area contributed by atoms with Crippen LogP contribution < -0.4 is 0 Å². The molecular formula is C18H32O2. The van der Waals surface area contributed by atoms with Crippen molar-refractivity contribution in [1.82, 2.24) is 0 Å². The molecule has 0 heterocycles. The summed E-state index contributed by atoms with van der Waals surface area (Å²) in [6.45, 7) is 14.6. The van der Waals surface area contributed by atoms with E-state index in [0.717, 1.165) is 11.8 Å². The van der Waals surface area contributed by atoms with Crippen LogP contribution in [0.1, 0.15) is 74.1 Å². The summed E-state index contributed by atoms with van der Waals surface area (Å²) >= 11 is 0. The standard InChI is InChI=1S/C18H32O2/c1-16(2,3)17(4,5)15(19)20-18(6,7)14-11-12-8-9-13(14)10-12/h12-14H,8-11H2,1-7H3. The fourth-order valence-electron chi connectivity index (χ4n) is 3.84. The van der Waals surface area contributed by atoms with E-state index >= 15 is 0 Å². The number of hydrogen-bond acceptors (Lipinski definition) is 2. The summed E-state index contributed by atoms with van der Waals surface area (Å²) in [5, 5.41) is 0. The predicted molar refractivity (Wildman–Crippen MR) is 82.3 cm³/mol. The monoisotopic (exact) mass is 280 g/mol. The minimum atomic E-state index is -0.456. The van der Waals surface area contributed by atoms with Gasteiger partial charge in [0.05, 0.1) is 5.41 Å². The molecule has 2 fully saturated rings. The lowest BCUT2D eigenvalue weighted by atomic mass is 9.69. The molecule has 0 N–H and O–H groups in total. The topological polar surface area (TPSA) is 26.3 Å². The quantitative estimate of drug-likeness (QED) is 0.693. The second-order valence-electron chi connectivity index (χ2n) is 9.15. The Labute approximate surface area is 124 Å². The molecule has 0 aromatic rings. The lowest BCUT2D eigenvalue weighted by Crippen LogP contribution is -2.46. The van der Waals surface area contributed by atoms with Crippen molar-refractivity contribution in [2.24, 2.45) is 28.6 Å². The van der Waals surface area contributed by atoms with E-state index < -0.39 is 5.41 Å². The van der Waals surface area contributed by atoms with E-state index in [1.165, 1.54) is 25.7 Å². The zero-order valence-electron chi connectivity index (χ0n) is 14.4. The zero-order chi connectivity index (χ0) is 15.3. The van der Waals surface area contributed by atoms with Gasteiger partial charge in [0.25, 0.3) is 0 Å². The molecule has 0 saturated heterocycles. The first-order chi connectivity index (χ1) is 8.95. The number of hydrogen-bond donors (Lipinski definition) is 0. The lowest BCUT2D eigenvalue weighted by molar-refractivity contribution is -0.180. The first kappa shape index (κ1) is 15.9. The third-order valence-corrected chi connectivity index (χ3v) is 6.37. The van der Waals surface area contributed by atoms with Crippen LogP contribution in [0.3, 0.4) is 0 Å². The SMILES string of the molecule is CC(C)(OC(=O)C(C)(C)C(C)(C)C)C1CC2CCC1C2. The third-order valence-electron chi connectivity index (χ3n) is 6.37. The third kappa shape index (κ3) is 2.63. The number of fused-ring (bicyclic) bond motifs is 2. The molecular weight excluding hydrogens is 248 g/mol. The Bertz CT molecular complexity index is 387. The summed E-state index contributed by atoms with van der Waals surface area (Å²) in [6.07, 6.45) is 5.33. The molecule has 0 aliphatic heterocycles. The number of esters is 1. The van der Waals surface area contributed by atoms with Crippen LogP contribution >= 0.6 is 0 Å². The molecule has 116 valence electrons. The van der Waals surface area contributed by atoms with Gasteiger partial charge >= 0.3 is 5.97 Å². The van der Waals surface area contributed by atoms with Gasteiger partial charge in [-0.15, -0.1) is 0 Å². The normalized spacial score (nSPS) is 30.6. The Morgan fingerprint density at radius 1 is 0.950 bits per heavy atom. The first-order valence-corrected chi connectivity index (χ1v) is 8.18. The summed E-state index contributed by atoms with van der Waals surface area (Å²) in [7, 11) is 0. The van der Waals surface area contributed by atoms with Crippen LogP contribution in [0.4, 0.5) is 0 Å². The van der Waals surface area contributed by atoms with Gasteiger partial charge in [0.1, 0.15) is 5.60 Å². The number of carbonyl (C=O) groups is 1. The van der Waals surface area contributed by atoms with E-state index in [9.17, 15) is 4.79 Å². The Morgan fingerprint density at radius 2 is 1.55 bits per heavy atom. The van der Waals surface area contributed by atoms with E-state index in [0.29, 0.717) is 5.92 Å². The summed E-state index contributed by atoms with van der Waals surface area (Å²) in [5.41, 5.74) is -0.865. The Hall–Kier alpha value is -0.530. The first-order valence-electron chi connectivity index (χ1n) is 8.18. The summed E-state index contributed by atoms with van der Waals surface area (Å²) < 4.78 is 6.03. The molecule has 2 saturated carbocycles. The highest BCUT2D eigenvalue weighted by molar-refractivity contribution is 5.77. The minimum absolute atomic E-state index is 0.0437. The number of carbonyl (C=O) groups excluding carboxylic acids is 1. The largest absolute Gasteiger partial charge is 0.459 e. The molecule has 2 bridgehead atoms. The highest BCUT2D eigenvalue weighted by Crippen LogP contribution is 2.53. The van der Waals surface area contributed by atoms with Gasteiger partial charge in [-0.1, -0.05) is 27.2 Å². The molecule has 2 aliphatic carbocycles. The van der Waals surface area contributed by atoms with E-state index in [2.05, 4.69) is 34.6 Å². The van der Waals surface area contributed by atoms with Crippen LogP contribution in [-0.4, -0.2) is 11.6 Å². The average molecular weight is 280 g/mol. The van der Waals surface area contributed by atoms with Crippen LogP contribution in [0.25, 0.3) is 0 Å². The van der Waals surface area contributed by atoms with Gasteiger partial charge in [-0.2, -0.15) is 0 Å². The van der Waals surface area contributed by atoms with Crippen molar-refractivity contribution >= 4 is 5.97 Å². The fraction of sp³-hybridized carbons (Fsp3) is 0.944. The highest BCUT2D eigenvalue weighted by Gasteiger charge is 2.50. The van der Waals surface area contributed by atoms with Crippen LogP contribution in [0, 0.1) is 28.6 Å². The summed E-state index contributed by atoms with van der Waals surface area (Å²) in [5.74, 6) is 2.18. The van der Waals surface area contributed by atoms with Gasteiger partial charge in [-0.05, 0) is 64.2 Å². The molecule has 2 aliphatic rings. The van der Waals surface area contributed by atoms with Gasteiger partial charge in [0.2, 0.25) is 0 Å². The van der Waals surface area contributed by atoms with E-state index in [-0.39, 0.29) is 17.0 Å². The molecule has 0 radical (unpaired) electrons. The lowest BCUT2D eigenvalue weighted by Gasteiger charge is -2.42. The van der Waals surface area contributed by atoms with Crippen LogP contribution in [-0.2, 0) is 9.53 Å². The molecule has 2 nitrogen and oxygen atoms in total. The summed E-state index contributed by atoms with van der Waals surface area (Å²) in [4.78, 5) is 12.7. The molecule has 2 heteroatoms. The van der Waals surface area contributed by atoms with Crippen molar-refractivity contribution in [3.05, 3.63) is 0 Å². The fourth-order valence-corrected chi connectivity index (χ4v) is 3.84. The second-order valence-corrected chi connectivity index (χ2v) is 9.15. The maximum absolute atomic E-state index is 12.7. The van der Waals surface area contributed by atoms with Crippen LogP contribution in [0.2, 0.25) is 0 Å². The van der Waals surface area contributed by atoms with Crippen molar-refractivity contribution in [2.45, 2.75) is 79.8 Å². The molecule has 3 unspecified atom stereocenters. The highest BCUT2D eigenvalue weighted by atomic mass is 16.6. The molecule has 0 spiro atoms. The van der Waals surface area contributed by atoms with Crippen molar-refractivity contribution in [3.63, 3.8) is 0 Å². The van der Waals surface area contributed by atoms with Gasteiger partial charge in [-0.3, -0.25) is 4.79 Å². The Morgan fingerprint density at radius 3 is 1.95 bits per heavy atom. The molecule has 0 amide bonds. The van der Waals surface area contributed by atoms with Crippen molar-refractivity contribution in [2.75, 3.05) is 0 Å². The van der Waals surface area contributed by atoms with E-state index in [4.69, 9.17) is 4.74 Å². The van der Waals surface area contributed by atoms with Crippen molar-refractivity contribution in [1.29, 1.82) is 0 Å². The van der Waals surface area contributed by atoms with Crippen molar-refractivity contribution in [3.8, 4) is 0 Å². The van der Waals surface area contributed by atoms with E-state index in [1.807, 2.05) is 13.8 Å². The van der Waals surface area contributed by atoms with Gasteiger partial charge < -0.3 is 4.74 Å². The van der Waals surface area contributed by atoms with Crippen molar-refractivity contribution < 1.29 is 9.53 Å². The summed E-state index contributed by atoms with van der Waals surface area (Å²) in [6, 6.07) is 0. The maximum atomic E-state index is 12.7. The minimum Gasteiger partial charge on any atom is -0.459 e. The predicted octanol–water partition coefficient (Wildman–Crippen LogP) is 4.82. The number of ether oxygens (including phenoxy) is 1. The average Bonchev–Trinajstić information content (AvgIpc) is 2.88.